The molecule has 0 aliphatic carbocycles. The number of ether oxygens (including phenoxy) is 2. The molecule has 0 saturated carbocycles. The van der Waals surface area contributed by atoms with E-state index in [2.05, 4.69) is 31.9 Å². The first-order valence-electron chi connectivity index (χ1n) is 3.90. The number of halogens is 2. The van der Waals surface area contributed by atoms with Gasteiger partial charge in [-0.2, -0.15) is 0 Å². The normalized spacial score (nSPS) is 26.2. The number of fused-ring (bicyclic) bond motifs is 1. The first-order valence-corrected chi connectivity index (χ1v) is 6.31. The van der Waals surface area contributed by atoms with Crippen molar-refractivity contribution < 1.29 is 9.47 Å². The van der Waals surface area contributed by atoms with Crippen LogP contribution in [0.1, 0.15) is 13.8 Å². The zero-order chi connectivity index (χ0) is 9.59. The standard InChI is InChI=1S/C8H8Br2O2S/c1-3-4(2)12-6-5(11-3)7(9)13-8(6)10/h3-4H,1-2H3. The Balaban J connectivity index is 2.44. The molecule has 2 unspecified atom stereocenters. The predicted octanol–water partition coefficient (Wildman–Crippen LogP) is 3.82. The minimum absolute atomic E-state index is 0.102. The molecule has 0 radical (unpaired) electrons. The van der Waals surface area contributed by atoms with Crippen molar-refractivity contribution >= 4 is 43.2 Å². The molecule has 72 valence electrons. The molecule has 0 bridgehead atoms. The molecule has 1 aromatic rings. The molecule has 2 nitrogen and oxygen atoms in total. The highest BCUT2D eigenvalue weighted by Gasteiger charge is 2.30. The molecule has 5 heteroatoms. The average molecular weight is 328 g/mol. The molecule has 0 saturated heterocycles. The van der Waals surface area contributed by atoms with Crippen molar-refractivity contribution in [2.45, 2.75) is 26.1 Å². The second kappa shape index (κ2) is 3.44. The van der Waals surface area contributed by atoms with Gasteiger partial charge in [0, 0.05) is 0 Å². The monoisotopic (exact) mass is 326 g/mol. The van der Waals surface area contributed by atoms with Gasteiger partial charge in [0.1, 0.15) is 19.8 Å². The van der Waals surface area contributed by atoms with E-state index in [4.69, 9.17) is 9.47 Å². The highest BCUT2D eigenvalue weighted by atomic mass is 79.9. The summed E-state index contributed by atoms with van der Waals surface area (Å²) in [5.41, 5.74) is 0. The lowest BCUT2D eigenvalue weighted by molar-refractivity contribution is 0.0429. The largest absolute Gasteiger partial charge is 0.481 e. The van der Waals surface area contributed by atoms with Gasteiger partial charge in [0.05, 0.1) is 0 Å². The lowest BCUT2D eigenvalue weighted by atomic mass is 10.2. The fourth-order valence-electron chi connectivity index (χ4n) is 1.11. The van der Waals surface area contributed by atoms with Gasteiger partial charge < -0.3 is 9.47 Å². The first-order chi connectivity index (χ1) is 6.09. The second-order valence-electron chi connectivity index (χ2n) is 2.95. The van der Waals surface area contributed by atoms with Gasteiger partial charge in [-0.05, 0) is 45.7 Å². The van der Waals surface area contributed by atoms with Crippen LogP contribution in [0.4, 0.5) is 0 Å². The van der Waals surface area contributed by atoms with E-state index in [1.54, 1.807) is 11.3 Å². The Morgan fingerprint density at radius 1 is 1.00 bits per heavy atom. The quantitative estimate of drug-likeness (QED) is 0.721. The van der Waals surface area contributed by atoms with Gasteiger partial charge in [-0.25, -0.2) is 0 Å². The highest BCUT2D eigenvalue weighted by molar-refractivity contribution is 9.12. The van der Waals surface area contributed by atoms with Crippen LogP contribution in [0.5, 0.6) is 11.5 Å². The zero-order valence-corrected chi connectivity index (χ0v) is 11.1. The van der Waals surface area contributed by atoms with Crippen molar-refractivity contribution in [1.29, 1.82) is 0 Å². The zero-order valence-electron chi connectivity index (χ0n) is 7.14. The van der Waals surface area contributed by atoms with Crippen molar-refractivity contribution in [2.24, 2.45) is 0 Å². The lowest BCUT2D eigenvalue weighted by Gasteiger charge is -2.28. The maximum atomic E-state index is 5.70. The molecule has 0 aromatic carbocycles. The van der Waals surface area contributed by atoms with Crippen LogP contribution in [0, 0.1) is 0 Å². The Hall–Kier alpha value is 0.260. The first kappa shape index (κ1) is 9.80. The van der Waals surface area contributed by atoms with E-state index in [9.17, 15) is 0 Å². The van der Waals surface area contributed by atoms with Crippen LogP contribution >= 0.6 is 43.2 Å². The maximum absolute atomic E-state index is 5.70. The minimum Gasteiger partial charge on any atom is -0.481 e. The summed E-state index contributed by atoms with van der Waals surface area (Å²) in [6.45, 7) is 4.01. The van der Waals surface area contributed by atoms with E-state index in [0.717, 1.165) is 19.1 Å². The molecule has 0 amide bonds. The Morgan fingerprint density at radius 2 is 1.38 bits per heavy atom. The summed E-state index contributed by atoms with van der Waals surface area (Å²) in [6.07, 6.45) is 0.204. The molecular formula is C8H8Br2O2S. The van der Waals surface area contributed by atoms with Gasteiger partial charge in [-0.15, -0.1) is 11.3 Å². The second-order valence-corrected chi connectivity index (χ2v) is 6.61. The van der Waals surface area contributed by atoms with E-state index in [1.165, 1.54) is 0 Å². The fraction of sp³-hybridized carbons (Fsp3) is 0.500. The fourth-order valence-corrected chi connectivity index (χ4v) is 3.91. The van der Waals surface area contributed by atoms with Gasteiger partial charge in [-0.3, -0.25) is 0 Å². The van der Waals surface area contributed by atoms with Crippen molar-refractivity contribution in [2.75, 3.05) is 0 Å². The summed E-state index contributed by atoms with van der Waals surface area (Å²) < 4.78 is 13.4. The van der Waals surface area contributed by atoms with E-state index in [-0.39, 0.29) is 12.2 Å². The van der Waals surface area contributed by atoms with Gasteiger partial charge >= 0.3 is 0 Å². The molecule has 2 atom stereocenters. The molecule has 0 fully saturated rings. The summed E-state index contributed by atoms with van der Waals surface area (Å²) in [4.78, 5) is 0. The molecule has 2 rings (SSSR count). The van der Waals surface area contributed by atoms with Gasteiger partial charge in [-0.1, -0.05) is 0 Å². The number of rotatable bonds is 0. The topological polar surface area (TPSA) is 18.5 Å². The smallest absolute Gasteiger partial charge is 0.188 e. The van der Waals surface area contributed by atoms with Gasteiger partial charge in [0.2, 0.25) is 0 Å². The summed E-state index contributed by atoms with van der Waals surface area (Å²) >= 11 is 8.44. The molecule has 2 heterocycles. The number of hydrogen-bond donors (Lipinski definition) is 0. The Labute approximate surface area is 97.5 Å². The average Bonchev–Trinajstić information content (AvgIpc) is 2.31. The van der Waals surface area contributed by atoms with Crippen molar-refractivity contribution in [3.8, 4) is 11.5 Å². The van der Waals surface area contributed by atoms with Crippen LogP contribution in [0.15, 0.2) is 7.57 Å². The Bertz CT molecular complexity index is 307. The highest BCUT2D eigenvalue weighted by Crippen LogP contribution is 2.51. The van der Waals surface area contributed by atoms with Crippen molar-refractivity contribution in [3.05, 3.63) is 7.57 Å². The lowest BCUT2D eigenvalue weighted by Crippen LogP contribution is -2.34. The molecule has 13 heavy (non-hydrogen) atoms. The Kier molecular flexibility index (Phi) is 2.59. The van der Waals surface area contributed by atoms with Crippen molar-refractivity contribution in [3.63, 3.8) is 0 Å². The van der Waals surface area contributed by atoms with Gasteiger partial charge in [0.25, 0.3) is 0 Å². The molecule has 0 N–H and O–H groups in total. The summed E-state index contributed by atoms with van der Waals surface area (Å²) in [7, 11) is 0. The summed E-state index contributed by atoms with van der Waals surface area (Å²) in [6, 6.07) is 0. The van der Waals surface area contributed by atoms with Crippen LogP contribution < -0.4 is 9.47 Å². The summed E-state index contributed by atoms with van der Waals surface area (Å²) in [5.74, 6) is 1.64. The van der Waals surface area contributed by atoms with Crippen LogP contribution in [0.3, 0.4) is 0 Å². The third-order valence-corrected chi connectivity index (χ3v) is 4.43. The van der Waals surface area contributed by atoms with E-state index in [0.29, 0.717) is 0 Å². The van der Waals surface area contributed by atoms with E-state index >= 15 is 0 Å². The van der Waals surface area contributed by atoms with Gasteiger partial charge in [0.15, 0.2) is 11.5 Å². The maximum Gasteiger partial charge on any atom is 0.188 e. The predicted molar refractivity (Wildman–Crippen MR) is 59.9 cm³/mol. The summed E-state index contributed by atoms with van der Waals surface area (Å²) in [5, 5.41) is 0. The van der Waals surface area contributed by atoms with Crippen molar-refractivity contribution in [1.82, 2.24) is 0 Å². The van der Waals surface area contributed by atoms with Crippen LogP contribution in [0.25, 0.3) is 0 Å². The molecule has 1 aliphatic heterocycles. The molecule has 1 aromatic heterocycles. The van der Waals surface area contributed by atoms with Crippen LogP contribution in [-0.4, -0.2) is 12.2 Å². The number of thiophene rings is 1. The van der Waals surface area contributed by atoms with Crippen LogP contribution in [-0.2, 0) is 0 Å². The van der Waals surface area contributed by atoms with Crippen LogP contribution in [0.2, 0.25) is 0 Å². The number of hydrogen-bond acceptors (Lipinski definition) is 3. The SMILES string of the molecule is CC1Oc2c(Br)sc(Br)c2OC1C. The molecular weight excluding hydrogens is 320 g/mol. The van der Waals surface area contributed by atoms with E-state index in [1.807, 2.05) is 13.8 Å². The Morgan fingerprint density at radius 3 is 1.77 bits per heavy atom. The third kappa shape index (κ3) is 1.62. The molecule has 0 spiro atoms. The third-order valence-electron chi connectivity index (χ3n) is 2.01. The van der Waals surface area contributed by atoms with E-state index < -0.39 is 0 Å². The molecule has 1 aliphatic rings. The minimum atomic E-state index is 0.102.